The number of pyridine rings is 1. The molecule has 0 atom stereocenters. The van der Waals surface area contributed by atoms with Gasteiger partial charge in [0.2, 0.25) is 0 Å². The molecule has 4 heteroatoms. The van der Waals surface area contributed by atoms with E-state index >= 15 is 0 Å². The maximum absolute atomic E-state index is 13.4. The summed E-state index contributed by atoms with van der Waals surface area (Å²) >= 11 is 3.16. The van der Waals surface area contributed by atoms with E-state index in [0.717, 1.165) is 6.42 Å². The first-order chi connectivity index (χ1) is 6.44. The molecular weight excluding hydrogens is 247 g/mol. The molecule has 78 valence electrons. The van der Waals surface area contributed by atoms with Gasteiger partial charge in [0.1, 0.15) is 0 Å². The van der Waals surface area contributed by atoms with Gasteiger partial charge in [0.05, 0.1) is 0 Å². The summed E-state index contributed by atoms with van der Waals surface area (Å²) in [6.45, 7) is 6.07. The highest BCUT2D eigenvalue weighted by Gasteiger charge is 2.17. The Morgan fingerprint density at radius 2 is 2.21 bits per heavy atom. The zero-order valence-corrected chi connectivity index (χ0v) is 10.2. The van der Waals surface area contributed by atoms with E-state index in [4.69, 9.17) is 0 Å². The molecule has 1 aromatic heterocycles. The molecule has 0 aliphatic carbocycles. The number of nitrogens with one attached hydrogen (secondary N) is 1. The first-order valence-electron chi connectivity index (χ1n) is 4.54. The molecule has 14 heavy (non-hydrogen) atoms. The van der Waals surface area contributed by atoms with Gasteiger partial charge in [-0.2, -0.15) is 0 Å². The summed E-state index contributed by atoms with van der Waals surface area (Å²) in [7, 11) is 0. The summed E-state index contributed by atoms with van der Waals surface area (Å²) in [6, 6.07) is 1.40. The van der Waals surface area contributed by atoms with Crippen LogP contribution in [-0.2, 0) is 0 Å². The number of anilines is 1. The standard InChI is InChI=1S/C10H14BrFN2/c1-4-10(2,3)14-9-8(12)5-7(11)6-13-9/h5-6H,4H2,1-3H3,(H,13,14). The zero-order chi connectivity index (χ0) is 10.8. The highest BCUT2D eigenvalue weighted by atomic mass is 79.9. The maximum atomic E-state index is 13.4. The predicted octanol–water partition coefficient (Wildman–Crippen LogP) is 3.58. The van der Waals surface area contributed by atoms with Crippen molar-refractivity contribution in [2.24, 2.45) is 0 Å². The van der Waals surface area contributed by atoms with Gasteiger partial charge in [-0.15, -0.1) is 0 Å². The highest BCUT2D eigenvalue weighted by Crippen LogP contribution is 2.21. The van der Waals surface area contributed by atoms with Crippen molar-refractivity contribution in [3.05, 3.63) is 22.6 Å². The fraction of sp³-hybridized carbons (Fsp3) is 0.500. The molecule has 1 rings (SSSR count). The van der Waals surface area contributed by atoms with Crippen LogP contribution >= 0.6 is 15.9 Å². The SMILES string of the molecule is CCC(C)(C)Nc1ncc(Br)cc1F. The predicted molar refractivity (Wildman–Crippen MR) is 59.9 cm³/mol. The summed E-state index contributed by atoms with van der Waals surface area (Å²) in [6.07, 6.45) is 2.49. The van der Waals surface area contributed by atoms with Crippen molar-refractivity contribution in [2.75, 3.05) is 5.32 Å². The number of aromatic nitrogens is 1. The number of hydrogen-bond donors (Lipinski definition) is 1. The number of nitrogens with zero attached hydrogens (tertiary/aromatic N) is 1. The van der Waals surface area contributed by atoms with Crippen LogP contribution in [0.3, 0.4) is 0 Å². The maximum Gasteiger partial charge on any atom is 0.166 e. The Hall–Kier alpha value is -0.640. The van der Waals surface area contributed by atoms with Crippen LogP contribution in [0.1, 0.15) is 27.2 Å². The average molecular weight is 261 g/mol. The van der Waals surface area contributed by atoms with Crippen molar-refractivity contribution in [3.8, 4) is 0 Å². The van der Waals surface area contributed by atoms with Crippen molar-refractivity contribution >= 4 is 21.7 Å². The Morgan fingerprint density at radius 1 is 1.57 bits per heavy atom. The number of hydrogen-bond acceptors (Lipinski definition) is 2. The first kappa shape index (κ1) is 11.4. The molecule has 0 radical (unpaired) electrons. The van der Waals surface area contributed by atoms with Crippen LogP contribution in [0, 0.1) is 5.82 Å². The van der Waals surface area contributed by atoms with Crippen molar-refractivity contribution in [1.29, 1.82) is 0 Å². The lowest BCUT2D eigenvalue weighted by molar-refractivity contribution is 0.533. The van der Waals surface area contributed by atoms with E-state index < -0.39 is 0 Å². The van der Waals surface area contributed by atoms with Crippen LogP contribution < -0.4 is 5.32 Å². The van der Waals surface area contributed by atoms with E-state index in [1.807, 2.05) is 20.8 Å². The van der Waals surface area contributed by atoms with Crippen molar-refractivity contribution in [3.63, 3.8) is 0 Å². The lowest BCUT2D eigenvalue weighted by atomic mass is 10.0. The summed E-state index contributed by atoms with van der Waals surface area (Å²) in [5, 5.41) is 3.06. The molecular formula is C10H14BrFN2. The van der Waals surface area contributed by atoms with E-state index in [-0.39, 0.29) is 11.4 Å². The second kappa shape index (κ2) is 4.26. The van der Waals surface area contributed by atoms with E-state index in [1.165, 1.54) is 6.07 Å². The molecule has 1 aromatic rings. The molecule has 0 aromatic carbocycles. The van der Waals surface area contributed by atoms with Gasteiger partial charge in [-0.1, -0.05) is 6.92 Å². The van der Waals surface area contributed by atoms with E-state index in [0.29, 0.717) is 10.3 Å². The molecule has 0 bridgehead atoms. The minimum absolute atomic E-state index is 0.137. The Kier molecular flexibility index (Phi) is 3.48. The van der Waals surface area contributed by atoms with E-state index in [2.05, 4.69) is 26.2 Å². The molecule has 1 heterocycles. The molecule has 0 spiro atoms. The second-order valence-corrected chi connectivity index (χ2v) is 4.76. The van der Waals surface area contributed by atoms with E-state index in [1.54, 1.807) is 6.20 Å². The molecule has 0 aliphatic heterocycles. The third kappa shape index (κ3) is 2.94. The molecule has 0 saturated carbocycles. The Morgan fingerprint density at radius 3 is 2.71 bits per heavy atom. The van der Waals surface area contributed by atoms with Crippen LogP contribution in [0.25, 0.3) is 0 Å². The Labute approximate surface area is 92.1 Å². The van der Waals surface area contributed by atoms with Crippen LogP contribution in [0.5, 0.6) is 0 Å². The largest absolute Gasteiger partial charge is 0.363 e. The van der Waals surface area contributed by atoms with Crippen molar-refractivity contribution in [1.82, 2.24) is 4.98 Å². The molecule has 2 nitrogen and oxygen atoms in total. The first-order valence-corrected chi connectivity index (χ1v) is 5.33. The summed E-state index contributed by atoms with van der Waals surface area (Å²) in [5.41, 5.74) is -0.137. The van der Waals surface area contributed by atoms with Gasteiger partial charge in [-0.25, -0.2) is 9.37 Å². The highest BCUT2D eigenvalue weighted by molar-refractivity contribution is 9.10. The van der Waals surface area contributed by atoms with Gasteiger partial charge in [-0.05, 0) is 42.3 Å². The molecule has 0 unspecified atom stereocenters. The zero-order valence-electron chi connectivity index (χ0n) is 8.56. The fourth-order valence-electron chi connectivity index (χ4n) is 0.915. The number of halogens is 2. The summed E-state index contributed by atoms with van der Waals surface area (Å²) < 4.78 is 14.0. The minimum atomic E-state index is -0.332. The average Bonchev–Trinajstić information content (AvgIpc) is 2.10. The molecule has 0 fully saturated rings. The van der Waals surface area contributed by atoms with Crippen LogP contribution in [0.4, 0.5) is 10.2 Å². The van der Waals surface area contributed by atoms with Gasteiger partial charge in [0, 0.05) is 16.2 Å². The van der Waals surface area contributed by atoms with Gasteiger partial charge < -0.3 is 5.32 Å². The third-order valence-electron chi connectivity index (χ3n) is 2.15. The van der Waals surface area contributed by atoms with Gasteiger partial charge in [-0.3, -0.25) is 0 Å². The normalized spacial score (nSPS) is 11.5. The van der Waals surface area contributed by atoms with Crippen LogP contribution in [0.2, 0.25) is 0 Å². The molecule has 1 N–H and O–H groups in total. The lowest BCUT2D eigenvalue weighted by Crippen LogP contribution is -2.30. The smallest absolute Gasteiger partial charge is 0.166 e. The van der Waals surface area contributed by atoms with Crippen molar-refractivity contribution < 1.29 is 4.39 Å². The quantitative estimate of drug-likeness (QED) is 0.899. The van der Waals surface area contributed by atoms with Crippen molar-refractivity contribution in [2.45, 2.75) is 32.7 Å². The third-order valence-corrected chi connectivity index (χ3v) is 2.58. The van der Waals surface area contributed by atoms with Crippen LogP contribution in [-0.4, -0.2) is 10.5 Å². The Bertz CT molecular complexity index is 326. The summed E-state index contributed by atoms with van der Waals surface area (Å²) in [5.74, 6) is -0.0269. The van der Waals surface area contributed by atoms with Gasteiger partial charge >= 0.3 is 0 Å². The fourth-order valence-corrected chi connectivity index (χ4v) is 1.22. The number of rotatable bonds is 3. The molecule has 0 aliphatic rings. The molecule has 0 saturated heterocycles. The minimum Gasteiger partial charge on any atom is -0.363 e. The summed E-state index contributed by atoms with van der Waals surface area (Å²) in [4.78, 5) is 3.98. The monoisotopic (exact) mass is 260 g/mol. The topological polar surface area (TPSA) is 24.9 Å². The Balaban J connectivity index is 2.87. The lowest BCUT2D eigenvalue weighted by Gasteiger charge is -2.25. The molecule has 0 amide bonds. The van der Waals surface area contributed by atoms with Gasteiger partial charge in [0.15, 0.2) is 11.6 Å². The van der Waals surface area contributed by atoms with Gasteiger partial charge in [0.25, 0.3) is 0 Å². The van der Waals surface area contributed by atoms with E-state index in [9.17, 15) is 4.39 Å². The van der Waals surface area contributed by atoms with Crippen LogP contribution in [0.15, 0.2) is 16.7 Å². The second-order valence-electron chi connectivity index (χ2n) is 3.85.